The van der Waals surface area contributed by atoms with Gasteiger partial charge in [0.15, 0.2) is 0 Å². The minimum Gasteiger partial charge on any atom is -0.396 e. The standard InChI is InChI=1S/C12H18ClN3O/c1-8-5-11(16-12(13)15-8)14-6-9-3-2-4-10(9)7-17/h5,9-10,17H,2-4,6-7H2,1H3,(H,14,15,16). The van der Waals surface area contributed by atoms with Crippen LogP contribution in [0.1, 0.15) is 25.0 Å². The number of nitrogens with one attached hydrogen (secondary N) is 1. The van der Waals surface area contributed by atoms with Crippen LogP contribution in [0.2, 0.25) is 5.28 Å². The summed E-state index contributed by atoms with van der Waals surface area (Å²) in [5, 5.41) is 12.8. The van der Waals surface area contributed by atoms with Crippen molar-refractivity contribution in [2.24, 2.45) is 11.8 Å². The van der Waals surface area contributed by atoms with Crippen LogP contribution < -0.4 is 5.32 Å². The third kappa shape index (κ3) is 3.30. The molecule has 0 amide bonds. The molecule has 1 saturated carbocycles. The number of aryl methyl sites for hydroxylation is 1. The van der Waals surface area contributed by atoms with Crippen molar-refractivity contribution >= 4 is 17.4 Å². The summed E-state index contributed by atoms with van der Waals surface area (Å²) >= 11 is 5.80. The largest absolute Gasteiger partial charge is 0.396 e. The molecule has 2 unspecified atom stereocenters. The van der Waals surface area contributed by atoms with Crippen LogP contribution >= 0.6 is 11.6 Å². The number of aliphatic hydroxyl groups excluding tert-OH is 1. The van der Waals surface area contributed by atoms with Gasteiger partial charge in [0.25, 0.3) is 0 Å². The summed E-state index contributed by atoms with van der Waals surface area (Å²) in [7, 11) is 0. The third-order valence-electron chi connectivity index (χ3n) is 3.42. The first-order chi connectivity index (χ1) is 8.19. The normalized spacial score (nSPS) is 23.9. The van der Waals surface area contributed by atoms with E-state index in [1.807, 2.05) is 13.0 Å². The van der Waals surface area contributed by atoms with Crippen LogP contribution in [-0.2, 0) is 0 Å². The van der Waals surface area contributed by atoms with E-state index in [9.17, 15) is 5.11 Å². The monoisotopic (exact) mass is 255 g/mol. The molecule has 94 valence electrons. The second-order valence-corrected chi connectivity index (χ2v) is 5.02. The van der Waals surface area contributed by atoms with E-state index in [-0.39, 0.29) is 11.9 Å². The lowest BCUT2D eigenvalue weighted by Crippen LogP contribution is -2.21. The highest BCUT2D eigenvalue weighted by Crippen LogP contribution is 2.31. The highest BCUT2D eigenvalue weighted by Gasteiger charge is 2.26. The molecular formula is C12H18ClN3O. The van der Waals surface area contributed by atoms with Crippen LogP contribution in [0.3, 0.4) is 0 Å². The summed E-state index contributed by atoms with van der Waals surface area (Å²) in [5.41, 5.74) is 0.859. The van der Waals surface area contributed by atoms with Crippen molar-refractivity contribution in [3.63, 3.8) is 0 Å². The van der Waals surface area contributed by atoms with Gasteiger partial charge in [-0.1, -0.05) is 6.42 Å². The molecule has 1 fully saturated rings. The lowest BCUT2D eigenvalue weighted by atomic mass is 9.97. The number of nitrogens with zero attached hydrogens (tertiary/aromatic N) is 2. The topological polar surface area (TPSA) is 58.0 Å². The lowest BCUT2D eigenvalue weighted by Gasteiger charge is -2.18. The fourth-order valence-corrected chi connectivity index (χ4v) is 2.71. The van der Waals surface area contributed by atoms with Crippen LogP contribution in [0.4, 0.5) is 5.82 Å². The average Bonchev–Trinajstić information content (AvgIpc) is 2.72. The summed E-state index contributed by atoms with van der Waals surface area (Å²) < 4.78 is 0. The van der Waals surface area contributed by atoms with Crippen molar-refractivity contribution in [3.8, 4) is 0 Å². The Balaban J connectivity index is 1.93. The third-order valence-corrected chi connectivity index (χ3v) is 3.59. The molecule has 2 N–H and O–H groups in total. The smallest absolute Gasteiger partial charge is 0.224 e. The summed E-state index contributed by atoms with van der Waals surface area (Å²) in [4.78, 5) is 8.15. The molecule has 2 atom stereocenters. The first kappa shape index (κ1) is 12.6. The quantitative estimate of drug-likeness (QED) is 0.811. The van der Waals surface area contributed by atoms with E-state index in [1.54, 1.807) is 0 Å². The maximum Gasteiger partial charge on any atom is 0.224 e. The SMILES string of the molecule is Cc1cc(NCC2CCCC2CO)nc(Cl)n1. The molecule has 0 radical (unpaired) electrons. The molecule has 1 heterocycles. The molecule has 4 nitrogen and oxygen atoms in total. The van der Waals surface area contributed by atoms with Crippen LogP contribution in [0, 0.1) is 18.8 Å². The zero-order valence-corrected chi connectivity index (χ0v) is 10.7. The van der Waals surface area contributed by atoms with Gasteiger partial charge in [-0.2, -0.15) is 0 Å². The zero-order valence-electron chi connectivity index (χ0n) is 9.99. The second-order valence-electron chi connectivity index (χ2n) is 4.68. The Labute approximate surface area is 106 Å². The molecule has 0 aliphatic heterocycles. The van der Waals surface area contributed by atoms with E-state index in [4.69, 9.17) is 11.6 Å². The Hall–Kier alpha value is -0.870. The van der Waals surface area contributed by atoms with Gasteiger partial charge in [0, 0.05) is 24.9 Å². The number of halogens is 1. The Kier molecular flexibility index (Phi) is 4.18. The number of aromatic nitrogens is 2. The Bertz CT molecular complexity index is 366. The van der Waals surface area contributed by atoms with Gasteiger partial charge in [0.05, 0.1) is 0 Å². The molecule has 0 bridgehead atoms. The molecule has 2 rings (SSSR count). The second kappa shape index (κ2) is 5.65. The average molecular weight is 256 g/mol. The summed E-state index contributed by atoms with van der Waals surface area (Å²) in [6.07, 6.45) is 3.52. The van der Waals surface area contributed by atoms with E-state index in [1.165, 1.54) is 12.8 Å². The lowest BCUT2D eigenvalue weighted by molar-refractivity contribution is 0.199. The van der Waals surface area contributed by atoms with Gasteiger partial charge in [-0.05, 0) is 43.2 Å². The van der Waals surface area contributed by atoms with Crippen molar-refractivity contribution in [1.82, 2.24) is 9.97 Å². The van der Waals surface area contributed by atoms with Gasteiger partial charge in [0.1, 0.15) is 5.82 Å². The van der Waals surface area contributed by atoms with Crippen LogP contribution in [0.5, 0.6) is 0 Å². The summed E-state index contributed by atoms with van der Waals surface area (Å²) in [6.45, 7) is 3.03. The molecule has 0 spiro atoms. The van der Waals surface area contributed by atoms with E-state index in [2.05, 4.69) is 15.3 Å². The van der Waals surface area contributed by atoms with Gasteiger partial charge in [-0.25, -0.2) is 9.97 Å². The number of hydrogen-bond donors (Lipinski definition) is 2. The van der Waals surface area contributed by atoms with E-state index >= 15 is 0 Å². The molecule has 0 aromatic carbocycles. The Morgan fingerprint density at radius 1 is 1.41 bits per heavy atom. The van der Waals surface area contributed by atoms with Crippen LogP contribution in [0.15, 0.2) is 6.07 Å². The predicted molar refractivity (Wildman–Crippen MR) is 68.2 cm³/mol. The number of hydrogen-bond acceptors (Lipinski definition) is 4. The summed E-state index contributed by atoms with van der Waals surface area (Å²) in [5.74, 6) is 1.74. The highest BCUT2D eigenvalue weighted by atomic mass is 35.5. The molecular weight excluding hydrogens is 238 g/mol. The van der Waals surface area contributed by atoms with Crippen LogP contribution in [-0.4, -0.2) is 28.2 Å². The first-order valence-corrected chi connectivity index (χ1v) is 6.42. The van der Waals surface area contributed by atoms with Gasteiger partial charge in [-0.3, -0.25) is 0 Å². The first-order valence-electron chi connectivity index (χ1n) is 6.05. The summed E-state index contributed by atoms with van der Waals surface area (Å²) in [6, 6.07) is 1.88. The van der Waals surface area contributed by atoms with E-state index < -0.39 is 0 Å². The fourth-order valence-electron chi connectivity index (χ4n) is 2.48. The highest BCUT2D eigenvalue weighted by molar-refractivity contribution is 6.28. The minimum atomic E-state index is 0.276. The van der Waals surface area contributed by atoms with Gasteiger partial charge >= 0.3 is 0 Å². The zero-order chi connectivity index (χ0) is 12.3. The van der Waals surface area contributed by atoms with Gasteiger partial charge < -0.3 is 10.4 Å². The number of aliphatic hydroxyl groups is 1. The van der Waals surface area contributed by atoms with Crippen molar-refractivity contribution in [2.75, 3.05) is 18.5 Å². The predicted octanol–water partition coefficient (Wildman–Crippen LogP) is 2.26. The van der Waals surface area contributed by atoms with E-state index in [0.717, 1.165) is 24.5 Å². The number of anilines is 1. The molecule has 1 aromatic rings. The molecule has 1 aliphatic carbocycles. The maximum absolute atomic E-state index is 9.25. The molecule has 1 aliphatic rings. The minimum absolute atomic E-state index is 0.276. The van der Waals surface area contributed by atoms with Crippen molar-refractivity contribution < 1.29 is 5.11 Å². The van der Waals surface area contributed by atoms with E-state index in [0.29, 0.717) is 11.8 Å². The van der Waals surface area contributed by atoms with Crippen molar-refractivity contribution in [1.29, 1.82) is 0 Å². The van der Waals surface area contributed by atoms with Crippen LogP contribution in [0.25, 0.3) is 0 Å². The Morgan fingerprint density at radius 2 is 2.18 bits per heavy atom. The fraction of sp³-hybridized carbons (Fsp3) is 0.667. The maximum atomic E-state index is 9.25. The molecule has 0 saturated heterocycles. The van der Waals surface area contributed by atoms with Crippen molar-refractivity contribution in [2.45, 2.75) is 26.2 Å². The van der Waals surface area contributed by atoms with Gasteiger partial charge in [-0.15, -0.1) is 0 Å². The molecule has 5 heteroatoms. The molecule has 1 aromatic heterocycles. The van der Waals surface area contributed by atoms with Gasteiger partial charge in [0.2, 0.25) is 5.28 Å². The Morgan fingerprint density at radius 3 is 2.88 bits per heavy atom. The number of rotatable bonds is 4. The van der Waals surface area contributed by atoms with Crippen molar-refractivity contribution in [3.05, 3.63) is 17.0 Å². The molecule has 17 heavy (non-hydrogen) atoms.